The fraction of sp³-hybridized carbons (Fsp3) is 1.00. The Labute approximate surface area is 55.4 Å². The lowest BCUT2D eigenvalue weighted by Gasteiger charge is -2.02. The van der Waals surface area contributed by atoms with Crippen LogP contribution in [0.5, 0.6) is 0 Å². The molecule has 1 heterocycles. The molecular weight excluding hydrogens is 114 g/mol. The molecule has 0 aromatic heterocycles. The zero-order valence-corrected chi connectivity index (χ0v) is 5.55. The van der Waals surface area contributed by atoms with E-state index in [1.807, 2.05) is 0 Å². The molecule has 2 aliphatic rings. The van der Waals surface area contributed by atoms with Crippen LogP contribution in [-0.2, 0) is 4.74 Å². The molecule has 0 unspecified atom stereocenters. The van der Waals surface area contributed by atoms with Crippen molar-refractivity contribution in [3.63, 3.8) is 0 Å². The van der Waals surface area contributed by atoms with E-state index in [0.29, 0.717) is 6.04 Å². The van der Waals surface area contributed by atoms with Gasteiger partial charge in [0.05, 0.1) is 0 Å². The largest absolute Gasteiger partial charge is 0.381 e. The summed E-state index contributed by atoms with van der Waals surface area (Å²) in [5.74, 6) is 1.62. The second-order valence-electron chi connectivity index (χ2n) is 3.19. The van der Waals surface area contributed by atoms with E-state index in [9.17, 15) is 0 Å². The predicted octanol–water partition coefficient (Wildman–Crippen LogP) is 0.370. The summed E-state index contributed by atoms with van der Waals surface area (Å²) in [7, 11) is 0. The highest BCUT2D eigenvalue weighted by Gasteiger charge is 2.41. The van der Waals surface area contributed by atoms with Gasteiger partial charge in [-0.15, -0.1) is 0 Å². The van der Waals surface area contributed by atoms with Crippen LogP contribution in [-0.4, -0.2) is 19.3 Å². The molecule has 2 nitrogen and oxygen atoms in total. The highest BCUT2D eigenvalue weighted by atomic mass is 16.5. The van der Waals surface area contributed by atoms with Crippen LogP contribution in [0.2, 0.25) is 0 Å². The Bertz CT molecular complexity index is 109. The van der Waals surface area contributed by atoms with E-state index in [0.717, 1.165) is 25.0 Å². The van der Waals surface area contributed by atoms with E-state index in [1.165, 1.54) is 12.8 Å². The van der Waals surface area contributed by atoms with Gasteiger partial charge in [0, 0.05) is 19.3 Å². The molecule has 1 aliphatic heterocycles. The highest BCUT2D eigenvalue weighted by molar-refractivity contribution is 4.95. The average Bonchev–Trinajstić information content (AvgIpc) is 2.44. The summed E-state index contributed by atoms with van der Waals surface area (Å²) in [5.41, 5.74) is 5.69. The van der Waals surface area contributed by atoms with Crippen molar-refractivity contribution in [3.05, 3.63) is 0 Å². The molecule has 0 aromatic carbocycles. The minimum atomic E-state index is 0.511. The van der Waals surface area contributed by atoms with E-state index in [2.05, 4.69) is 0 Å². The van der Waals surface area contributed by atoms with Crippen LogP contribution in [0.15, 0.2) is 0 Å². The summed E-state index contributed by atoms with van der Waals surface area (Å²) in [4.78, 5) is 0. The van der Waals surface area contributed by atoms with E-state index >= 15 is 0 Å². The molecule has 2 rings (SSSR count). The van der Waals surface area contributed by atoms with Crippen molar-refractivity contribution in [1.82, 2.24) is 0 Å². The maximum atomic E-state index is 5.69. The van der Waals surface area contributed by atoms with Gasteiger partial charge in [0.2, 0.25) is 0 Å². The summed E-state index contributed by atoms with van der Waals surface area (Å²) >= 11 is 0. The minimum absolute atomic E-state index is 0.511. The van der Waals surface area contributed by atoms with Gasteiger partial charge in [-0.05, 0) is 24.7 Å². The molecule has 2 N–H and O–H groups in total. The number of rotatable bonds is 1. The summed E-state index contributed by atoms with van der Waals surface area (Å²) < 4.78 is 5.25. The molecule has 2 fully saturated rings. The van der Waals surface area contributed by atoms with Gasteiger partial charge >= 0.3 is 0 Å². The molecule has 0 bridgehead atoms. The zero-order valence-electron chi connectivity index (χ0n) is 5.55. The lowest BCUT2D eigenvalue weighted by Crippen LogP contribution is -2.10. The Balaban J connectivity index is 1.85. The number of nitrogens with two attached hydrogens (primary N) is 1. The first-order valence-corrected chi connectivity index (χ1v) is 3.71. The fourth-order valence-electron chi connectivity index (χ4n) is 1.67. The minimum Gasteiger partial charge on any atom is -0.381 e. The number of ether oxygens (including phenoxy) is 1. The van der Waals surface area contributed by atoms with Crippen molar-refractivity contribution in [2.45, 2.75) is 18.9 Å². The van der Waals surface area contributed by atoms with E-state index < -0.39 is 0 Å². The highest BCUT2D eigenvalue weighted by Crippen LogP contribution is 2.39. The van der Waals surface area contributed by atoms with Crippen molar-refractivity contribution in [2.75, 3.05) is 13.2 Å². The van der Waals surface area contributed by atoms with E-state index in [4.69, 9.17) is 10.5 Å². The van der Waals surface area contributed by atoms with Crippen LogP contribution < -0.4 is 5.73 Å². The monoisotopic (exact) mass is 127 g/mol. The summed E-state index contributed by atoms with van der Waals surface area (Å²) in [5, 5.41) is 0. The molecule has 1 saturated heterocycles. The average molecular weight is 127 g/mol. The van der Waals surface area contributed by atoms with Crippen LogP contribution >= 0.6 is 0 Å². The van der Waals surface area contributed by atoms with Gasteiger partial charge in [0.25, 0.3) is 0 Å². The molecule has 1 saturated carbocycles. The second-order valence-corrected chi connectivity index (χ2v) is 3.19. The fourth-order valence-corrected chi connectivity index (χ4v) is 1.67. The third-order valence-corrected chi connectivity index (χ3v) is 2.46. The number of hydrogen-bond acceptors (Lipinski definition) is 2. The van der Waals surface area contributed by atoms with Crippen molar-refractivity contribution in [3.8, 4) is 0 Å². The van der Waals surface area contributed by atoms with Gasteiger partial charge in [-0.3, -0.25) is 0 Å². The molecule has 52 valence electrons. The molecular formula is C7H13NO. The van der Waals surface area contributed by atoms with Crippen molar-refractivity contribution in [2.24, 2.45) is 17.6 Å². The first kappa shape index (κ1) is 5.69. The van der Waals surface area contributed by atoms with Crippen molar-refractivity contribution < 1.29 is 4.74 Å². The smallest absolute Gasteiger partial charge is 0.0498 e. The van der Waals surface area contributed by atoms with Gasteiger partial charge in [0.1, 0.15) is 0 Å². The predicted molar refractivity (Wildman–Crippen MR) is 35.0 cm³/mol. The first-order chi connectivity index (χ1) is 4.38. The van der Waals surface area contributed by atoms with Gasteiger partial charge in [-0.1, -0.05) is 0 Å². The van der Waals surface area contributed by atoms with Crippen molar-refractivity contribution >= 4 is 0 Å². The van der Waals surface area contributed by atoms with Crippen LogP contribution in [0, 0.1) is 11.8 Å². The molecule has 9 heavy (non-hydrogen) atoms. The van der Waals surface area contributed by atoms with Crippen LogP contribution in [0.3, 0.4) is 0 Å². The van der Waals surface area contributed by atoms with Gasteiger partial charge in [-0.25, -0.2) is 0 Å². The topological polar surface area (TPSA) is 35.2 Å². The quantitative estimate of drug-likeness (QED) is 0.552. The number of hydrogen-bond donors (Lipinski definition) is 1. The molecule has 0 amide bonds. The SMILES string of the molecule is N[C@@H]1C[C@H]1[C@H]1CCOC1. The lowest BCUT2D eigenvalue weighted by atomic mass is 10.0. The lowest BCUT2D eigenvalue weighted by molar-refractivity contribution is 0.181. The molecule has 1 aliphatic carbocycles. The summed E-state index contributed by atoms with van der Waals surface area (Å²) in [6.45, 7) is 1.94. The normalized spacial score (nSPS) is 49.7. The molecule has 3 atom stereocenters. The molecule has 0 aromatic rings. The Morgan fingerprint density at radius 3 is 2.67 bits per heavy atom. The van der Waals surface area contributed by atoms with E-state index in [-0.39, 0.29) is 0 Å². The van der Waals surface area contributed by atoms with Gasteiger partial charge in [0.15, 0.2) is 0 Å². The van der Waals surface area contributed by atoms with Crippen LogP contribution in [0.1, 0.15) is 12.8 Å². The Morgan fingerprint density at radius 1 is 1.44 bits per heavy atom. The van der Waals surface area contributed by atoms with Crippen molar-refractivity contribution in [1.29, 1.82) is 0 Å². The maximum Gasteiger partial charge on any atom is 0.0498 e. The van der Waals surface area contributed by atoms with Crippen LogP contribution in [0.4, 0.5) is 0 Å². The van der Waals surface area contributed by atoms with Gasteiger partial charge in [-0.2, -0.15) is 0 Å². The van der Waals surface area contributed by atoms with Crippen LogP contribution in [0.25, 0.3) is 0 Å². The second kappa shape index (κ2) is 1.96. The van der Waals surface area contributed by atoms with E-state index in [1.54, 1.807) is 0 Å². The molecule has 0 spiro atoms. The first-order valence-electron chi connectivity index (χ1n) is 3.71. The Kier molecular flexibility index (Phi) is 1.24. The standard InChI is InChI=1S/C7H13NO/c8-7-3-6(7)5-1-2-9-4-5/h5-7H,1-4,8H2/t5-,6-,7+/m0/s1. The van der Waals surface area contributed by atoms with Gasteiger partial charge < -0.3 is 10.5 Å². The Morgan fingerprint density at radius 2 is 2.22 bits per heavy atom. The zero-order chi connectivity index (χ0) is 6.27. The maximum absolute atomic E-state index is 5.69. The summed E-state index contributed by atoms with van der Waals surface area (Å²) in [6, 6.07) is 0.511. The molecule has 2 heteroatoms. The molecule has 0 radical (unpaired) electrons. The Hall–Kier alpha value is -0.0800. The third kappa shape index (κ3) is 0.970. The summed E-state index contributed by atoms with van der Waals surface area (Å²) in [6.07, 6.45) is 2.49. The third-order valence-electron chi connectivity index (χ3n) is 2.46.